The lowest BCUT2D eigenvalue weighted by molar-refractivity contribution is -0.121. The molecule has 0 aliphatic heterocycles. The van der Waals surface area contributed by atoms with Gasteiger partial charge in [-0.1, -0.05) is 18.2 Å². The van der Waals surface area contributed by atoms with Crippen LogP contribution >= 0.6 is 0 Å². The number of benzene rings is 1. The second-order valence-electron chi connectivity index (χ2n) is 5.08. The summed E-state index contributed by atoms with van der Waals surface area (Å²) in [6.07, 6.45) is 0. The van der Waals surface area contributed by atoms with E-state index in [9.17, 15) is 4.79 Å². The summed E-state index contributed by atoms with van der Waals surface area (Å²) in [5.41, 5.74) is 7.32. The molecule has 0 saturated carbocycles. The van der Waals surface area contributed by atoms with Gasteiger partial charge < -0.3 is 16.2 Å². The Morgan fingerprint density at radius 1 is 1.35 bits per heavy atom. The molecule has 0 radical (unpaired) electrons. The van der Waals surface area contributed by atoms with Gasteiger partial charge in [0.25, 0.3) is 0 Å². The SMILES string of the molecule is CC(C)N(CCO)C(C)C(=O)Nc1ccccc1CN. The van der Waals surface area contributed by atoms with Gasteiger partial charge in [0.2, 0.25) is 5.91 Å². The van der Waals surface area contributed by atoms with Crippen LogP contribution in [0.4, 0.5) is 5.69 Å². The Morgan fingerprint density at radius 3 is 2.55 bits per heavy atom. The Bertz CT molecular complexity index is 435. The van der Waals surface area contributed by atoms with Crippen molar-refractivity contribution in [3.05, 3.63) is 29.8 Å². The Balaban J connectivity index is 2.78. The minimum atomic E-state index is -0.312. The molecule has 5 heteroatoms. The second-order valence-corrected chi connectivity index (χ2v) is 5.08. The zero-order chi connectivity index (χ0) is 15.1. The van der Waals surface area contributed by atoms with Gasteiger partial charge in [-0.2, -0.15) is 0 Å². The Morgan fingerprint density at radius 2 is 2.00 bits per heavy atom. The molecule has 0 aliphatic carbocycles. The van der Waals surface area contributed by atoms with Crippen molar-refractivity contribution in [3.63, 3.8) is 0 Å². The maximum absolute atomic E-state index is 12.3. The number of nitrogens with one attached hydrogen (secondary N) is 1. The van der Waals surface area contributed by atoms with Crippen LogP contribution in [-0.2, 0) is 11.3 Å². The van der Waals surface area contributed by atoms with Crippen LogP contribution < -0.4 is 11.1 Å². The van der Waals surface area contributed by atoms with E-state index in [1.807, 2.05) is 49.9 Å². The van der Waals surface area contributed by atoms with E-state index in [4.69, 9.17) is 10.8 Å². The highest BCUT2D eigenvalue weighted by molar-refractivity contribution is 5.95. The van der Waals surface area contributed by atoms with Gasteiger partial charge >= 0.3 is 0 Å². The van der Waals surface area contributed by atoms with Crippen LogP contribution in [-0.4, -0.2) is 41.1 Å². The molecular weight excluding hydrogens is 254 g/mol. The monoisotopic (exact) mass is 279 g/mol. The molecule has 0 spiro atoms. The molecule has 1 unspecified atom stereocenters. The number of aliphatic hydroxyl groups excluding tert-OH is 1. The molecule has 0 bridgehead atoms. The van der Waals surface area contributed by atoms with Crippen LogP contribution in [0.5, 0.6) is 0 Å². The Labute approximate surface area is 120 Å². The molecule has 1 aromatic rings. The predicted molar refractivity (Wildman–Crippen MR) is 81.4 cm³/mol. The molecule has 1 aromatic carbocycles. The van der Waals surface area contributed by atoms with E-state index < -0.39 is 0 Å². The third-order valence-corrected chi connectivity index (χ3v) is 3.39. The normalized spacial score (nSPS) is 12.8. The van der Waals surface area contributed by atoms with Crippen molar-refractivity contribution in [1.82, 2.24) is 4.90 Å². The molecule has 0 aliphatic rings. The molecule has 4 N–H and O–H groups in total. The van der Waals surface area contributed by atoms with Crippen molar-refractivity contribution < 1.29 is 9.90 Å². The van der Waals surface area contributed by atoms with Crippen LogP contribution in [0.25, 0.3) is 0 Å². The molecule has 20 heavy (non-hydrogen) atoms. The molecule has 0 aromatic heterocycles. The maximum Gasteiger partial charge on any atom is 0.241 e. The van der Waals surface area contributed by atoms with Crippen molar-refractivity contribution in [3.8, 4) is 0 Å². The lowest BCUT2D eigenvalue weighted by Gasteiger charge is -2.31. The van der Waals surface area contributed by atoms with E-state index in [0.717, 1.165) is 11.3 Å². The number of amides is 1. The lowest BCUT2D eigenvalue weighted by atomic mass is 10.1. The van der Waals surface area contributed by atoms with E-state index in [1.165, 1.54) is 0 Å². The van der Waals surface area contributed by atoms with Crippen molar-refractivity contribution >= 4 is 11.6 Å². The van der Waals surface area contributed by atoms with Gasteiger partial charge in [-0.05, 0) is 32.4 Å². The van der Waals surface area contributed by atoms with Crippen molar-refractivity contribution in [2.24, 2.45) is 5.73 Å². The first-order valence-corrected chi connectivity index (χ1v) is 6.96. The highest BCUT2D eigenvalue weighted by atomic mass is 16.3. The van der Waals surface area contributed by atoms with Gasteiger partial charge in [0, 0.05) is 24.8 Å². The highest BCUT2D eigenvalue weighted by Crippen LogP contribution is 2.15. The van der Waals surface area contributed by atoms with Gasteiger partial charge in [0.15, 0.2) is 0 Å². The van der Waals surface area contributed by atoms with Crippen molar-refractivity contribution in [2.75, 3.05) is 18.5 Å². The zero-order valence-electron chi connectivity index (χ0n) is 12.5. The molecule has 1 rings (SSSR count). The summed E-state index contributed by atoms with van der Waals surface area (Å²) < 4.78 is 0. The number of para-hydroxylation sites is 1. The quantitative estimate of drug-likeness (QED) is 0.700. The van der Waals surface area contributed by atoms with Crippen LogP contribution in [0.3, 0.4) is 0 Å². The number of nitrogens with zero attached hydrogens (tertiary/aromatic N) is 1. The molecule has 1 amide bonds. The van der Waals surface area contributed by atoms with Gasteiger partial charge in [-0.3, -0.25) is 9.69 Å². The summed E-state index contributed by atoms with van der Waals surface area (Å²) in [5.74, 6) is -0.0898. The summed E-state index contributed by atoms with van der Waals surface area (Å²) in [4.78, 5) is 14.3. The average molecular weight is 279 g/mol. The second kappa shape index (κ2) is 7.99. The fourth-order valence-corrected chi connectivity index (χ4v) is 2.22. The molecule has 112 valence electrons. The third-order valence-electron chi connectivity index (χ3n) is 3.39. The lowest BCUT2D eigenvalue weighted by Crippen LogP contribution is -2.47. The van der Waals surface area contributed by atoms with Crippen LogP contribution in [0.1, 0.15) is 26.3 Å². The standard InChI is InChI=1S/C15H25N3O2/c1-11(2)18(8-9-19)12(3)15(20)17-14-7-5-4-6-13(14)10-16/h4-7,11-12,19H,8-10,16H2,1-3H3,(H,17,20). The molecule has 0 saturated heterocycles. The fourth-order valence-electron chi connectivity index (χ4n) is 2.22. The number of carbonyl (C=O) groups is 1. The van der Waals surface area contributed by atoms with E-state index in [0.29, 0.717) is 13.1 Å². The van der Waals surface area contributed by atoms with Crippen LogP contribution in [0.2, 0.25) is 0 Å². The molecule has 0 heterocycles. The third kappa shape index (κ3) is 4.30. The van der Waals surface area contributed by atoms with Crippen LogP contribution in [0, 0.1) is 0 Å². The largest absolute Gasteiger partial charge is 0.395 e. The number of hydrogen-bond acceptors (Lipinski definition) is 4. The summed E-state index contributed by atoms with van der Waals surface area (Å²) in [5, 5.41) is 12.0. The highest BCUT2D eigenvalue weighted by Gasteiger charge is 2.23. The van der Waals surface area contributed by atoms with Gasteiger partial charge in [0.05, 0.1) is 12.6 Å². The Kier molecular flexibility index (Phi) is 6.64. The first-order valence-electron chi connectivity index (χ1n) is 6.96. The molecule has 0 fully saturated rings. The number of anilines is 1. The van der Waals surface area contributed by atoms with Crippen LogP contribution in [0.15, 0.2) is 24.3 Å². The first kappa shape index (κ1) is 16.6. The van der Waals surface area contributed by atoms with E-state index >= 15 is 0 Å². The maximum atomic E-state index is 12.3. The van der Waals surface area contributed by atoms with Gasteiger partial charge in [-0.15, -0.1) is 0 Å². The van der Waals surface area contributed by atoms with E-state index in [-0.39, 0.29) is 24.6 Å². The summed E-state index contributed by atoms with van der Waals surface area (Å²) in [6.45, 7) is 6.76. The van der Waals surface area contributed by atoms with E-state index in [2.05, 4.69) is 5.32 Å². The summed E-state index contributed by atoms with van der Waals surface area (Å²) >= 11 is 0. The minimum Gasteiger partial charge on any atom is -0.395 e. The number of carbonyl (C=O) groups excluding carboxylic acids is 1. The molecule has 5 nitrogen and oxygen atoms in total. The number of rotatable bonds is 7. The number of hydrogen-bond donors (Lipinski definition) is 3. The minimum absolute atomic E-state index is 0.0369. The predicted octanol–water partition coefficient (Wildman–Crippen LogP) is 1.17. The number of nitrogens with two attached hydrogens (primary N) is 1. The van der Waals surface area contributed by atoms with Gasteiger partial charge in [0.1, 0.15) is 0 Å². The zero-order valence-corrected chi connectivity index (χ0v) is 12.5. The van der Waals surface area contributed by atoms with Gasteiger partial charge in [-0.25, -0.2) is 0 Å². The smallest absolute Gasteiger partial charge is 0.241 e. The topological polar surface area (TPSA) is 78.6 Å². The number of aliphatic hydroxyl groups is 1. The average Bonchev–Trinajstić information content (AvgIpc) is 2.44. The summed E-state index contributed by atoms with van der Waals surface area (Å²) in [7, 11) is 0. The first-order chi connectivity index (χ1) is 9.51. The van der Waals surface area contributed by atoms with Crippen molar-refractivity contribution in [2.45, 2.75) is 39.4 Å². The molecule has 1 atom stereocenters. The van der Waals surface area contributed by atoms with Crippen molar-refractivity contribution in [1.29, 1.82) is 0 Å². The Hall–Kier alpha value is -1.43. The van der Waals surface area contributed by atoms with E-state index in [1.54, 1.807) is 0 Å². The fraction of sp³-hybridized carbons (Fsp3) is 0.533. The molecular formula is C15H25N3O2. The summed E-state index contributed by atoms with van der Waals surface area (Å²) in [6, 6.07) is 7.38.